The molecule has 5 nitrogen and oxygen atoms in total. The van der Waals surface area contributed by atoms with E-state index in [4.69, 9.17) is 11.6 Å². The monoisotopic (exact) mass is 385 g/mol. The first-order valence-electron chi connectivity index (χ1n) is 7.53. The Balaban J connectivity index is 2.24. The van der Waals surface area contributed by atoms with Gasteiger partial charge in [-0.2, -0.15) is 13.2 Å². The van der Waals surface area contributed by atoms with Gasteiger partial charge in [0, 0.05) is 17.8 Å². The normalized spacial score (nSPS) is 11.3. The predicted molar refractivity (Wildman–Crippen MR) is 91.2 cm³/mol. The number of hydrogen-bond acceptors (Lipinski definition) is 3. The van der Waals surface area contributed by atoms with Crippen molar-refractivity contribution in [2.75, 3.05) is 5.32 Å². The number of carbonyl (C=O) groups is 2. The van der Waals surface area contributed by atoms with Crippen molar-refractivity contribution < 1.29 is 22.8 Å². The van der Waals surface area contributed by atoms with E-state index in [1.54, 1.807) is 13.8 Å². The van der Waals surface area contributed by atoms with Gasteiger partial charge >= 0.3 is 6.18 Å². The summed E-state index contributed by atoms with van der Waals surface area (Å²) in [6, 6.07) is 5.15. The van der Waals surface area contributed by atoms with Gasteiger partial charge in [-0.25, -0.2) is 0 Å². The molecule has 138 valence electrons. The predicted octanol–water partition coefficient (Wildman–Crippen LogP) is 4.14. The van der Waals surface area contributed by atoms with E-state index in [0.29, 0.717) is 0 Å². The Bertz CT molecular complexity index is 838. The molecule has 0 spiro atoms. The molecule has 9 heteroatoms. The lowest BCUT2D eigenvalue weighted by atomic mass is 10.1. The Kier molecular flexibility index (Phi) is 5.86. The lowest BCUT2D eigenvalue weighted by molar-refractivity contribution is -0.137. The molecule has 0 atom stereocenters. The summed E-state index contributed by atoms with van der Waals surface area (Å²) >= 11 is 5.85. The van der Waals surface area contributed by atoms with Crippen LogP contribution in [0.1, 0.15) is 40.3 Å². The summed E-state index contributed by atoms with van der Waals surface area (Å²) in [5, 5.41) is 4.89. The first-order chi connectivity index (χ1) is 12.1. The molecule has 0 unspecified atom stereocenters. The average molecular weight is 386 g/mol. The van der Waals surface area contributed by atoms with Gasteiger partial charge in [0.2, 0.25) is 0 Å². The Morgan fingerprint density at radius 2 is 1.81 bits per heavy atom. The third-order valence-electron chi connectivity index (χ3n) is 3.22. The Hall–Kier alpha value is -2.61. The van der Waals surface area contributed by atoms with E-state index in [2.05, 4.69) is 15.6 Å². The number of nitrogens with one attached hydrogen (secondary N) is 2. The molecule has 0 aliphatic carbocycles. The molecule has 0 fully saturated rings. The van der Waals surface area contributed by atoms with Crippen molar-refractivity contribution in [2.24, 2.45) is 0 Å². The van der Waals surface area contributed by atoms with Crippen molar-refractivity contribution >= 4 is 29.1 Å². The van der Waals surface area contributed by atoms with Gasteiger partial charge in [-0.3, -0.25) is 14.6 Å². The van der Waals surface area contributed by atoms with Crippen molar-refractivity contribution in [1.29, 1.82) is 0 Å². The maximum Gasteiger partial charge on any atom is 0.416 e. The highest BCUT2D eigenvalue weighted by Crippen LogP contribution is 2.33. The number of amides is 2. The molecule has 0 saturated heterocycles. The number of aromatic nitrogens is 1. The smallest absolute Gasteiger partial charge is 0.350 e. The molecule has 2 N–H and O–H groups in total. The molecule has 0 aliphatic rings. The second kappa shape index (κ2) is 7.74. The summed E-state index contributed by atoms with van der Waals surface area (Å²) in [5.74, 6) is -1.18. The minimum Gasteiger partial charge on any atom is -0.350 e. The molecule has 2 amide bonds. The van der Waals surface area contributed by atoms with E-state index < -0.39 is 23.6 Å². The van der Waals surface area contributed by atoms with Crippen LogP contribution in [0.3, 0.4) is 0 Å². The molecule has 26 heavy (non-hydrogen) atoms. The topological polar surface area (TPSA) is 71.1 Å². The van der Waals surface area contributed by atoms with E-state index in [1.807, 2.05) is 0 Å². The van der Waals surface area contributed by atoms with Crippen molar-refractivity contribution in [2.45, 2.75) is 26.1 Å². The minimum atomic E-state index is -4.57. The van der Waals surface area contributed by atoms with Gasteiger partial charge in [0.1, 0.15) is 5.69 Å². The van der Waals surface area contributed by atoms with Gasteiger partial charge < -0.3 is 10.6 Å². The van der Waals surface area contributed by atoms with Gasteiger partial charge in [-0.1, -0.05) is 11.6 Å². The van der Waals surface area contributed by atoms with Crippen LogP contribution in [0.4, 0.5) is 18.9 Å². The Labute approximate surface area is 152 Å². The van der Waals surface area contributed by atoms with Gasteiger partial charge in [-0.05, 0) is 44.2 Å². The molecule has 1 aromatic heterocycles. The third-order valence-corrected chi connectivity index (χ3v) is 3.55. The maximum atomic E-state index is 12.8. The Morgan fingerprint density at radius 3 is 2.42 bits per heavy atom. The number of hydrogen-bond donors (Lipinski definition) is 2. The standard InChI is InChI=1S/C17H15ClF3N3O2/c1-9(2)23-15(25)10-5-6-22-14(7-10)16(26)24-13-8-11(17(19,20)21)3-4-12(13)18/h3-9H,1-2H3,(H,23,25)(H,24,26). The van der Waals surface area contributed by atoms with Crippen LogP contribution in [0, 0.1) is 0 Å². The number of anilines is 1. The highest BCUT2D eigenvalue weighted by molar-refractivity contribution is 6.34. The lowest BCUT2D eigenvalue weighted by Gasteiger charge is -2.12. The largest absolute Gasteiger partial charge is 0.416 e. The maximum absolute atomic E-state index is 12.8. The average Bonchev–Trinajstić information content (AvgIpc) is 2.55. The fourth-order valence-corrected chi connectivity index (χ4v) is 2.19. The zero-order valence-electron chi connectivity index (χ0n) is 13.8. The molecule has 0 saturated carbocycles. The summed E-state index contributed by atoms with van der Waals surface area (Å²) in [7, 11) is 0. The number of pyridine rings is 1. The van der Waals surface area contributed by atoms with E-state index in [0.717, 1.165) is 18.2 Å². The van der Waals surface area contributed by atoms with Crippen LogP contribution < -0.4 is 10.6 Å². The number of nitrogens with zero attached hydrogens (tertiary/aromatic N) is 1. The molecular weight excluding hydrogens is 371 g/mol. The van der Waals surface area contributed by atoms with Crippen molar-refractivity contribution in [1.82, 2.24) is 10.3 Å². The number of benzene rings is 1. The highest BCUT2D eigenvalue weighted by atomic mass is 35.5. The van der Waals surface area contributed by atoms with Crippen molar-refractivity contribution in [3.05, 3.63) is 58.4 Å². The second-order valence-electron chi connectivity index (χ2n) is 5.70. The highest BCUT2D eigenvalue weighted by Gasteiger charge is 2.31. The van der Waals surface area contributed by atoms with Crippen LogP contribution in [0.5, 0.6) is 0 Å². The molecule has 1 aromatic carbocycles. The fourth-order valence-electron chi connectivity index (χ4n) is 2.03. The summed E-state index contributed by atoms with van der Waals surface area (Å²) in [5.41, 5.74) is -1.08. The van der Waals surface area contributed by atoms with Crippen molar-refractivity contribution in [3.8, 4) is 0 Å². The van der Waals surface area contributed by atoms with Crippen molar-refractivity contribution in [3.63, 3.8) is 0 Å². The molecule has 0 aliphatic heterocycles. The second-order valence-corrected chi connectivity index (χ2v) is 6.11. The van der Waals surface area contributed by atoms with E-state index in [-0.39, 0.29) is 28.0 Å². The SMILES string of the molecule is CC(C)NC(=O)c1ccnc(C(=O)Nc2cc(C(F)(F)F)ccc2Cl)c1. The van der Waals surface area contributed by atoms with E-state index in [9.17, 15) is 22.8 Å². The molecule has 2 rings (SSSR count). The van der Waals surface area contributed by atoms with Gasteiger partial charge in [0.15, 0.2) is 0 Å². The lowest BCUT2D eigenvalue weighted by Crippen LogP contribution is -2.30. The first kappa shape index (κ1) is 19.7. The number of alkyl halides is 3. The van der Waals surface area contributed by atoms with E-state index >= 15 is 0 Å². The fraction of sp³-hybridized carbons (Fsp3) is 0.235. The minimum absolute atomic E-state index is 0.0555. The molecular formula is C17H15ClF3N3O2. The molecule has 2 aromatic rings. The zero-order valence-corrected chi connectivity index (χ0v) is 14.6. The van der Waals surface area contributed by atoms with Crippen LogP contribution in [0.2, 0.25) is 5.02 Å². The Morgan fingerprint density at radius 1 is 1.12 bits per heavy atom. The summed E-state index contributed by atoms with van der Waals surface area (Å²) in [4.78, 5) is 28.1. The molecule has 0 radical (unpaired) electrons. The van der Waals surface area contributed by atoms with Crippen LogP contribution in [0.25, 0.3) is 0 Å². The van der Waals surface area contributed by atoms with Crippen LogP contribution in [-0.2, 0) is 6.18 Å². The first-order valence-corrected chi connectivity index (χ1v) is 7.90. The van der Waals surface area contributed by atoms with Crippen LogP contribution >= 0.6 is 11.6 Å². The van der Waals surface area contributed by atoms with Gasteiger partial charge in [0.25, 0.3) is 11.8 Å². The summed E-state index contributed by atoms with van der Waals surface area (Å²) in [6.07, 6.45) is -3.31. The molecule has 0 bridgehead atoms. The third kappa shape index (κ3) is 4.95. The van der Waals surface area contributed by atoms with Gasteiger partial charge in [-0.15, -0.1) is 0 Å². The van der Waals surface area contributed by atoms with E-state index in [1.165, 1.54) is 18.3 Å². The molecule has 1 heterocycles. The quantitative estimate of drug-likeness (QED) is 0.830. The summed E-state index contributed by atoms with van der Waals surface area (Å²) < 4.78 is 38.4. The number of rotatable bonds is 4. The number of carbonyl (C=O) groups excluding carboxylic acids is 2. The zero-order chi connectivity index (χ0) is 19.5. The van der Waals surface area contributed by atoms with Crippen LogP contribution in [0.15, 0.2) is 36.5 Å². The summed E-state index contributed by atoms with van der Waals surface area (Å²) in [6.45, 7) is 3.56. The van der Waals surface area contributed by atoms with Crippen LogP contribution in [-0.4, -0.2) is 22.8 Å². The van der Waals surface area contributed by atoms with Gasteiger partial charge in [0.05, 0.1) is 16.3 Å². The number of halogens is 4.